The molecule has 3 rings (SSSR count). The number of ether oxygens (including phenoxy) is 7. The molecule has 3 aliphatic heterocycles. The highest BCUT2D eigenvalue weighted by atomic mass is 16.7. The zero-order valence-electron chi connectivity index (χ0n) is 36.9. The molecule has 16 nitrogen and oxygen atoms in total. The Hall–Kier alpha value is -1.54. The predicted molar refractivity (Wildman–Crippen MR) is 210 cm³/mol. The van der Waals surface area contributed by atoms with Crippen LogP contribution in [-0.4, -0.2) is 179 Å². The SMILES string of the molecule is CC[C@H]1CN(C)[C@H](C)[C@@H](O)[C@H](O)[C@@H](CC)OC(=O)[C@H](C)[C@@H](O[C@H]2C[C@@](C)(OC)[C@@H](O)[C@H](C)O2)[C@H](C)[C@@H](O[C@@H]2O[C@H](C)C[C@H](N(C)C)[C@H]2OC(=O)[C@H](C)O)[C@](C)(O)C1. The number of nitrogens with zero attached hydrogens (tertiary/aromatic N) is 2. The van der Waals surface area contributed by atoms with Crippen molar-refractivity contribution in [3.05, 3.63) is 0 Å². The minimum atomic E-state index is -1.64. The second kappa shape index (κ2) is 20.8. The molecule has 3 fully saturated rings. The lowest BCUT2D eigenvalue weighted by Gasteiger charge is -2.49. The van der Waals surface area contributed by atoms with Gasteiger partial charge in [-0.15, -0.1) is 0 Å². The quantitative estimate of drug-likeness (QED) is 0.200. The van der Waals surface area contributed by atoms with E-state index in [0.717, 1.165) is 0 Å². The van der Waals surface area contributed by atoms with Gasteiger partial charge in [0.05, 0.1) is 53.7 Å². The van der Waals surface area contributed by atoms with E-state index in [-0.39, 0.29) is 37.3 Å². The monoisotopic (exact) mass is 821 g/mol. The molecule has 57 heavy (non-hydrogen) atoms. The summed E-state index contributed by atoms with van der Waals surface area (Å²) in [5.74, 6) is -3.61. The lowest BCUT2D eigenvalue weighted by Crippen LogP contribution is -2.61. The smallest absolute Gasteiger partial charge is 0.335 e. The van der Waals surface area contributed by atoms with Crippen molar-refractivity contribution >= 4 is 11.9 Å². The van der Waals surface area contributed by atoms with Crippen molar-refractivity contribution in [1.29, 1.82) is 0 Å². The molecule has 16 heteroatoms. The molecule has 0 spiro atoms. The number of carbonyl (C=O) groups is 2. The number of hydrogen-bond acceptors (Lipinski definition) is 16. The minimum absolute atomic E-state index is 0.0949. The molecule has 0 unspecified atom stereocenters. The molecule has 0 amide bonds. The first-order chi connectivity index (χ1) is 26.4. The maximum Gasteiger partial charge on any atom is 0.335 e. The Morgan fingerprint density at radius 2 is 1.61 bits per heavy atom. The highest BCUT2D eigenvalue weighted by Gasteiger charge is 2.52. The van der Waals surface area contributed by atoms with Crippen LogP contribution >= 0.6 is 0 Å². The Morgan fingerprint density at radius 1 is 0.982 bits per heavy atom. The lowest BCUT2D eigenvalue weighted by molar-refractivity contribution is -0.319. The first-order valence-corrected chi connectivity index (χ1v) is 20.8. The summed E-state index contributed by atoms with van der Waals surface area (Å²) < 4.78 is 43.8. The van der Waals surface area contributed by atoms with Gasteiger partial charge in [0.2, 0.25) is 0 Å². The van der Waals surface area contributed by atoms with Crippen LogP contribution in [0.1, 0.15) is 101 Å². The summed E-state index contributed by atoms with van der Waals surface area (Å²) in [6.45, 7) is 17.7. The van der Waals surface area contributed by atoms with E-state index in [1.54, 1.807) is 48.5 Å². The highest BCUT2D eigenvalue weighted by molar-refractivity contribution is 5.74. The zero-order chi connectivity index (χ0) is 43.3. The highest BCUT2D eigenvalue weighted by Crippen LogP contribution is 2.40. The van der Waals surface area contributed by atoms with Crippen LogP contribution in [-0.2, 0) is 42.7 Å². The molecular weight excluding hydrogens is 744 g/mol. The molecule has 19 atom stereocenters. The number of hydrogen-bond donors (Lipinski definition) is 5. The van der Waals surface area contributed by atoms with Crippen molar-refractivity contribution in [1.82, 2.24) is 9.80 Å². The third kappa shape index (κ3) is 12.1. The van der Waals surface area contributed by atoms with E-state index < -0.39 is 109 Å². The summed E-state index contributed by atoms with van der Waals surface area (Å²) in [4.78, 5) is 31.0. The molecule has 0 radical (unpaired) electrons. The van der Waals surface area contributed by atoms with Crippen molar-refractivity contribution in [3.63, 3.8) is 0 Å². The van der Waals surface area contributed by atoms with Crippen LogP contribution in [0, 0.1) is 17.8 Å². The topological polar surface area (TPSA) is 206 Å². The van der Waals surface area contributed by atoms with Gasteiger partial charge in [-0.1, -0.05) is 27.2 Å². The lowest BCUT2D eigenvalue weighted by atomic mass is 9.77. The van der Waals surface area contributed by atoms with Crippen LogP contribution < -0.4 is 0 Å². The Balaban J connectivity index is 2.24. The van der Waals surface area contributed by atoms with Gasteiger partial charge >= 0.3 is 11.9 Å². The van der Waals surface area contributed by atoms with Gasteiger partial charge in [0.15, 0.2) is 18.7 Å². The maximum absolute atomic E-state index is 14.2. The van der Waals surface area contributed by atoms with Gasteiger partial charge in [0.25, 0.3) is 0 Å². The maximum atomic E-state index is 14.2. The van der Waals surface area contributed by atoms with E-state index >= 15 is 0 Å². The van der Waals surface area contributed by atoms with Crippen LogP contribution in [0.15, 0.2) is 0 Å². The van der Waals surface area contributed by atoms with E-state index in [1.165, 1.54) is 14.0 Å². The summed E-state index contributed by atoms with van der Waals surface area (Å²) in [5, 5.41) is 56.7. The first kappa shape index (κ1) is 49.8. The van der Waals surface area contributed by atoms with Gasteiger partial charge in [0.1, 0.15) is 24.4 Å². The molecule has 3 heterocycles. The summed E-state index contributed by atoms with van der Waals surface area (Å²) in [6.07, 6.45) is -11.0. The molecule has 0 aromatic carbocycles. The number of aliphatic hydroxyl groups excluding tert-OH is 4. The van der Waals surface area contributed by atoms with Crippen molar-refractivity contribution in [2.75, 3.05) is 34.8 Å². The second-order valence-corrected chi connectivity index (χ2v) is 17.8. The number of esters is 2. The average molecular weight is 821 g/mol. The molecule has 0 saturated carbocycles. The van der Waals surface area contributed by atoms with Crippen LogP contribution in [0.25, 0.3) is 0 Å². The third-order valence-corrected chi connectivity index (χ3v) is 12.8. The van der Waals surface area contributed by atoms with Crippen molar-refractivity contribution in [3.8, 4) is 0 Å². The standard InChI is InChI=1S/C41H76N2O14/c1-15-27-18-40(9,50)36(57-39-34(56-38(49)25(7)44)28(42(11)12)17-21(3)52-39)22(4)33(55-30-19-41(10,51-14)35(47)26(8)53-30)23(5)37(48)54-29(16-2)32(46)31(45)24(6)43(13)20-27/h21-36,39,44-47,50H,15-20H2,1-14H3/t21-,22+,23-,24-,25+,26+,27-,28+,29-,30+,31-,32-,33+,34-,35+,36-,39+,40-,41-/m1/s1. The Kier molecular flexibility index (Phi) is 18.2. The third-order valence-electron chi connectivity index (χ3n) is 12.8. The molecule has 3 aliphatic rings. The van der Waals surface area contributed by atoms with Gasteiger partial charge in [-0.3, -0.25) is 4.79 Å². The number of aliphatic hydroxyl groups is 5. The van der Waals surface area contributed by atoms with Gasteiger partial charge in [-0.05, 0) is 94.8 Å². The van der Waals surface area contributed by atoms with Gasteiger partial charge in [0, 0.05) is 32.0 Å². The predicted octanol–water partition coefficient (Wildman–Crippen LogP) is 1.83. The van der Waals surface area contributed by atoms with Gasteiger partial charge in [-0.25, -0.2) is 4.79 Å². The van der Waals surface area contributed by atoms with E-state index in [0.29, 0.717) is 19.4 Å². The molecule has 5 N–H and O–H groups in total. The summed E-state index contributed by atoms with van der Waals surface area (Å²) in [5.41, 5.74) is -2.70. The fourth-order valence-corrected chi connectivity index (χ4v) is 8.78. The van der Waals surface area contributed by atoms with Gasteiger partial charge < -0.3 is 68.5 Å². The first-order valence-electron chi connectivity index (χ1n) is 20.8. The zero-order valence-corrected chi connectivity index (χ0v) is 36.9. The Morgan fingerprint density at radius 3 is 2.16 bits per heavy atom. The number of likely N-dealkylation sites (N-methyl/N-ethyl adjacent to an activating group) is 2. The molecular formula is C41H76N2O14. The number of methoxy groups -OCH3 is 1. The molecule has 334 valence electrons. The number of cyclic esters (lactones) is 1. The van der Waals surface area contributed by atoms with Crippen molar-refractivity contribution in [2.24, 2.45) is 17.8 Å². The fourth-order valence-electron chi connectivity index (χ4n) is 8.78. The van der Waals surface area contributed by atoms with Gasteiger partial charge in [-0.2, -0.15) is 0 Å². The normalized spacial score (nSPS) is 45.4. The molecule has 0 aromatic heterocycles. The molecule has 0 bridgehead atoms. The molecule has 0 aliphatic carbocycles. The largest absolute Gasteiger partial charge is 0.459 e. The van der Waals surface area contributed by atoms with Crippen LogP contribution in [0.3, 0.4) is 0 Å². The van der Waals surface area contributed by atoms with E-state index in [2.05, 4.69) is 0 Å². The van der Waals surface area contributed by atoms with Crippen molar-refractivity contribution in [2.45, 2.75) is 198 Å². The number of rotatable bonds is 10. The average Bonchev–Trinajstić information content (AvgIpc) is 3.15. The Labute approximate surface area is 340 Å². The Bertz CT molecular complexity index is 1270. The molecule has 0 aromatic rings. The summed E-state index contributed by atoms with van der Waals surface area (Å²) >= 11 is 0. The number of carbonyl (C=O) groups excluding carboxylic acids is 2. The summed E-state index contributed by atoms with van der Waals surface area (Å²) in [6, 6.07) is -0.931. The minimum Gasteiger partial charge on any atom is -0.459 e. The van der Waals surface area contributed by atoms with Crippen LogP contribution in [0.2, 0.25) is 0 Å². The van der Waals surface area contributed by atoms with E-state index in [4.69, 9.17) is 33.2 Å². The van der Waals surface area contributed by atoms with Crippen LogP contribution in [0.4, 0.5) is 0 Å². The van der Waals surface area contributed by atoms with Crippen LogP contribution in [0.5, 0.6) is 0 Å². The summed E-state index contributed by atoms with van der Waals surface area (Å²) in [7, 11) is 7.02. The van der Waals surface area contributed by atoms with E-state index in [9.17, 15) is 35.1 Å². The van der Waals surface area contributed by atoms with Crippen molar-refractivity contribution < 1.29 is 68.3 Å². The van der Waals surface area contributed by atoms with E-state index in [1.807, 2.05) is 44.8 Å². The molecule has 3 saturated heterocycles. The fraction of sp³-hybridized carbons (Fsp3) is 0.951. The second-order valence-electron chi connectivity index (χ2n) is 17.8.